The first kappa shape index (κ1) is 22.6. The summed E-state index contributed by atoms with van der Waals surface area (Å²) in [7, 11) is 0. The second kappa shape index (κ2) is 7.81. The Morgan fingerprint density at radius 2 is 1.65 bits per heavy atom. The zero-order chi connectivity index (χ0) is 23.8. The van der Waals surface area contributed by atoms with E-state index < -0.39 is 17.2 Å². The summed E-state index contributed by atoms with van der Waals surface area (Å²) in [5.74, 6) is 1.63. The van der Waals surface area contributed by atoms with E-state index in [-0.39, 0.29) is 34.7 Å². The third kappa shape index (κ3) is 3.52. The molecule has 4 aliphatic carbocycles. The van der Waals surface area contributed by atoms with E-state index >= 15 is 0 Å². The number of hydrogen-bond donors (Lipinski definition) is 1. The summed E-state index contributed by atoms with van der Waals surface area (Å²) < 4.78 is 27.1. The first-order valence-electron chi connectivity index (χ1n) is 13.1. The number of benzene rings is 1. The zero-order valence-electron chi connectivity index (χ0n) is 20.1. The molecule has 34 heavy (non-hydrogen) atoms. The maximum Gasteiger partial charge on any atom is 0.161 e. The highest BCUT2D eigenvalue weighted by Gasteiger charge is 2.58. The monoisotopic (exact) mass is 471 g/mol. The first-order chi connectivity index (χ1) is 16.1. The number of fused-ring (bicyclic) bond motifs is 6. The van der Waals surface area contributed by atoms with Crippen molar-refractivity contribution in [3.8, 4) is 0 Å². The molecular formula is C27H35F2N3O2. The summed E-state index contributed by atoms with van der Waals surface area (Å²) in [6.07, 6.45) is 9.74. The summed E-state index contributed by atoms with van der Waals surface area (Å²) in [4.78, 5) is 14.8. The highest BCUT2D eigenvalue weighted by Crippen LogP contribution is 2.64. The largest absolute Gasteiger partial charge is 0.390 e. The molecule has 6 rings (SSSR count). The second-order valence-electron chi connectivity index (χ2n) is 12.3. The Kier molecular flexibility index (Phi) is 5.18. The van der Waals surface area contributed by atoms with Crippen molar-refractivity contribution >= 4 is 16.8 Å². The molecule has 7 heteroatoms. The van der Waals surface area contributed by atoms with Crippen LogP contribution in [0.2, 0.25) is 0 Å². The van der Waals surface area contributed by atoms with Crippen LogP contribution in [0.3, 0.4) is 0 Å². The molecule has 5 nitrogen and oxygen atoms in total. The number of aliphatic hydroxyl groups is 1. The molecule has 4 saturated carbocycles. The van der Waals surface area contributed by atoms with Crippen LogP contribution in [0, 0.1) is 52.6 Å². The van der Waals surface area contributed by atoms with Gasteiger partial charge in [-0.3, -0.25) is 4.79 Å². The lowest BCUT2D eigenvalue weighted by Gasteiger charge is -2.56. The Morgan fingerprint density at radius 1 is 0.971 bits per heavy atom. The Bertz CT molecular complexity index is 1090. The van der Waals surface area contributed by atoms with Crippen LogP contribution in [-0.4, -0.2) is 31.5 Å². The van der Waals surface area contributed by atoms with Crippen LogP contribution < -0.4 is 0 Å². The molecule has 1 aromatic carbocycles. The van der Waals surface area contributed by atoms with Gasteiger partial charge in [0, 0.05) is 18.1 Å². The number of carbonyl (C=O) groups excluding carboxylic acids is 1. The number of hydrogen-bond acceptors (Lipinski definition) is 4. The van der Waals surface area contributed by atoms with Crippen LogP contribution in [0.1, 0.15) is 71.6 Å². The first-order valence-corrected chi connectivity index (χ1v) is 13.1. The Balaban J connectivity index is 1.18. The number of carbonyl (C=O) groups is 1. The highest BCUT2D eigenvalue weighted by atomic mass is 19.2. The summed E-state index contributed by atoms with van der Waals surface area (Å²) in [5.41, 5.74) is 0.0536. The third-order valence-corrected chi connectivity index (χ3v) is 10.4. The molecule has 8 atom stereocenters. The van der Waals surface area contributed by atoms with Gasteiger partial charge in [0.25, 0.3) is 0 Å². The molecule has 184 valence electrons. The van der Waals surface area contributed by atoms with Gasteiger partial charge < -0.3 is 5.11 Å². The number of Topliss-reactive ketones (excluding diaryl/α,β-unsaturated/α-hetero) is 1. The van der Waals surface area contributed by atoms with Crippen LogP contribution in [0.4, 0.5) is 8.78 Å². The molecule has 0 aliphatic heterocycles. The van der Waals surface area contributed by atoms with Crippen molar-refractivity contribution in [1.82, 2.24) is 15.0 Å². The smallest absolute Gasteiger partial charge is 0.161 e. The van der Waals surface area contributed by atoms with Crippen LogP contribution in [0.15, 0.2) is 12.1 Å². The van der Waals surface area contributed by atoms with Gasteiger partial charge in [0.1, 0.15) is 17.6 Å². The number of ketones is 1. The van der Waals surface area contributed by atoms with Crippen molar-refractivity contribution in [1.29, 1.82) is 0 Å². The van der Waals surface area contributed by atoms with E-state index in [9.17, 15) is 18.7 Å². The van der Waals surface area contributed by atoms with E-state index in [1.54, 1.807) is 0 Å². The SMILES string of the molecule is C[C@@]1(O)CC[C@H]2[C@H](CC[C@@H]3[C@@H]2CC[C@]2(C)[C@@H](C(=O)Cn4nc5cc(F)c(F)cc5n4)CC[C@@H]32)C1. The Labute approximate surface area is 199 Å². The van der Waals surface area contributed by atoms with Gasteiger partial charge in [-0.2, -0.15) is 15.0 Å². The van der Waals surface area contributed by atoms with Crippen molar-refractivity contribution in [3.63, 3.8) is 0 Å². The van der Waals surface area contributed by atoms with Crippen LogP contribution in [0.5, 0.6) is 0 Å². The molecular weight excluding hydrogens is 436 g/mol. The summed E-state index contributed by atoms with van der Waals surface area (Å²) in [6.45, 7) is 4.39. The average molecular weight is 472 g/mol. The van der Waals surface area contributed by atoms with Gasteiger partial charge in [-0.25, -0.2) is 8.78 Å². The van der Waals surface area contributed by atoms with Crippen LogP contribution in [-0.2, 0) is 11.3 Å². The minimum absolute atomic E-state index is 0.00847. The zero-order valence-corrected chi connectivity index (χ0v) is 20.1. The molecule has 1 heterocycles. The lowest BCUT2D eigenvalue weighted by atomic mass is 9.49. The van der Waals surface area contributed by atoms with Gasteiger partial charge in [0.15, 0.2) is 17.4 Å². The van der Waals surface area contributed by atoms with E-state index in [1.807, 2.05) is 6.92 Å². The Morgan fingerprint density at radius 3 is 2.35 bits per heavy atom. The van der Waals surface area contributed by atoms with Gasteiger partial charge >= 0.3 is 0 Å². The van der Waals surface area contributed by atoms with Crippen molar-refractivity contribution in [2.75, 3.05) is 0 Å². The minimum Gasteiger partial charge on any atom is -0.390 e. The second-order valence-corrected chi connectivity index (χ2v) is 12.3. The van der Waals surface area contributed by atoms with Crippen molar-refractivity contribution in [2.24, 2.45) is 40.9 Å². The lowest BCUT2D eigenvalue weighted by Crippen LogP contribution is -2.51. The van der Waals surface area contributed by atoms with Crippen LogP contribution >= 0.6 is 0 Å². The van der Waals surface area contributed by atoms with Gasteiger partial charge in [-0.1, -0.05) is 6.92 Å². The van der Waals surface area contributed by atoms with E-state index in [4.69, 9.17) is 0 Å². The fourth-order valence-electron chi connectivity index (χ4n) is 8.89. The van der Waals surface area contributed by atoms with E-state index in [0.29, 0.717) is 17.8 Å². The molecule has 0 unspecified atom stereocenters. The van der Waals surface area contributed by atoms with E-state index in [2.05, 4.69) is 17.1 Å². The molecule has 0 spiro atoms. The quantitative estimate of drug-likeness (QED) is 0.660. The van der Waals surface area contributed by atoms with E-state index in [0.717, 1.165) is 62.5 Å². The predicted molar refractivity (Wildman–Crippen MR) is 124 cm³/mol. The lowest BCUT2D eigenvalue weighted by molar-refractivity contribution is -0.133. The van der Waals surface area contributed by atoms with Gasteiger partial charge in [-0.15, -0.1) is 0 Å². The maximum absolute atomic E-state index is 13.5. The molecule has 0 saturated heterocycles. The van der Waals surface area contributed by atoms with E-state index in [1.165, 1.54) is 24.1 Å². The van der Waals surface area contributed by atoms with Crippen molar-refractivity contribution in [3.05, 3.63) is 23.8 Å². The highest BCUT2D eigenvalue weighted by molar-refractivity contribution is 5.82. The molecule has 0 bridgehead atoms. The molecule has 0 radical (unpaired) electrons. The summed E-state index contributed by atoms with van der Waals surface area (Å²) >= 11 is 0. The van der Waals surface area contributed by atoms with Crippen LogP contribution in [0.25, 0.3) is 11.0 Å². The Hall–Kier alpha value is -1.89. The molecule has 0 amide bonds. The standard InChI is InChI=1S/C27H35F2N3O2/c1-26(34)9-7-16-15(13-26)3-4-18-17(16)8-10-27(2)19(18)5-6-20(27)25(33)14-32-30-23-11-21(28)22(29)12-24(23)31-32/h11-12,15-20,34H,3-10,13-14H2,1-2H3/t15-,16+,17-,18-,19+,20-,26-,27+/m1/s1. The molecule has 1 aromatic heterocycles. The number of nitrogens with zero attached hydrogens (tertiary/aromatic N) is 3. The normalized spacial score (nSPS) is 41.7. The fourth-order valence-corrected chi connectivity index (χ4v) is 8.89. The van der Waals surface area contributed by atoms with Crippen molar-refractivity contribution in [2.45, 2.75) is 83.8 Å². The number of aromatic nitrogens is 3. The predicted octanol–water partition coefficient (Wildman–Crippen LogP) is 5.30. The molecule has 1 N–H and O–H groups in total. The van der Waals surface area contributed by atoms with Gasteiger partial charge in [-0.05, 0) is 99.7 Å². The topological polar surface area (TPSA) is 68.0 Å². The van der Waals surface area contributed by atoms with Gasteiger partial charge in [0.05, 0.1) is 5.60 Å². The van der Waals surface area contributed by atoms with Crippen molar-refractivity contribution < 1.29 is 18.7 Å². The minimum atomic E-state index is -0.954. The molecule has 2 aromatic rings. The summed E-state index contributed by atoms with van der Waals surface area (Å²) in [6, 6.07) is 2.07. The van der Waals surface area contributed by atoms with Gasteiger partial charge in [0.2, 0.25) is 0 Å². The molecule has 4 fully saturated rings. The number of halogens is 2. The fraction of sp³-hybridized carbons (Fsp3) is 0.741. The maximum atomic E-state index is 13.5. The third-order valence-electron chi connectivity index (χ3n) is 10.4. The number of rotatable bonds is 3. The average Bonchev–Trinajstić information content (AvgIpc) is 3.32. The molecule has 4 aliphatic rings. The summed E-state index contributed by atoms with van der Waals surface area (Å²) in [5, 5.41) is 19.1.